The molecular formula is C16H24BrN3O. The highest BCUT2D eigenvalue weighted by Gasteiger charge is 2.33. The molecule has 3 N–H and O–H groups in total. The second kappa shape index (κ2) is 6.90. The monoisotopic (exact) mass is 353 g/mol. The third-order valence-corrected chi connectivity index (χ3v) is 4.77. The first-order valence-electron chi connectivity index (χ1n) is 7.39. The van der Waals surface area contributed by atoms with Crippen LogP contribution in [0, 0.1) is 5.41 Å². The maximum atomic E-state index is 12.2. The van der Waals surface area contributed by atoms with Crippen LogP contribution in [0.5, 0.6) is 0 Å². The molecule has 1 aliphatic rings. The Morgan fingerprint density at radius 1 is 1.48 bits per heavy atom. The van der Waals surface area contributed by atoms with E-state index >= 15 is 0 Å². The summed E-state index contributed by atoms with van der Waals surface area (Å²) >= 11 is 3.42. The molecule has 4 nitrogen and oxygen atoms in total. The van der Waals surface area contributed by atoms with Crippen LogP contribution in [-0.2, 0) is 4.79 Å². The standard InChI is InChI=1S/C16H24BrN3O/c1-12(13-3-5-14(17)6-4-13)19-15(21)9-20-8-7-16(2,10-18)11-20/h3-6,12H,7-11,18H2,1-2H3,(H,19,21). The van der Waals surface area contributed by atoms with Gasteiger partial charge >= 0.3 is 0 Å². The Hall–Kier alpha value is -0.910. The zero-order valence-corrected chi connectivity index (χ0v) is 14.3. The summed E-state index contributed by atoms with van der Waals surface area (Å²) in [6.45, 7) is 7.19. The first kappa shape index (κ1) is 16.5. The lowest BCUT2D eigenvalue weighted by molar-refractivity contribution is -0.122. The van der Waals surface area contributed by atoms with Gasteiger partial charge in [-0.15, -0.1) is 0 Å². The van der Waals surface area contributed by atoms with E-state index in [0.717, 1.165) is 29.5 Å². The van der Waals surface area contributed by atoms with Gasteiger partial charge in [-0.25, -0.2) is 0 Å². The number of rotatable bonds is 5. The van der Waals surface area contributed by atoms with Crippen LogP contribution in [0.15, 0.2) is 28.7 Å². The molecule has 0 spiro atoms. The van der Waals surface area contributed by atoms with Crippen LogP contribution in [0.1, 0.15) is 31.9 Å². The van der Waals surface area contributed by atoms with Crippen molar-refractivity contribution < 1.29 is 4.79 Å². The number of hydrogen-bond donors (Lipinski definition) is 2. The summed E-state index contributed by atoms with van der Waals surface area (Å²) < 4.78 is 1.04. The molecule has 2 rings (SSSR count). The summed E-state index contributed by atoms with van der Waals surface area (Å²) in [4.78, 5) is 14.3. The van der Waals surface area contributed by atoms with Gasteiger partial charge in [0.2, 0.25) is 5.91 Å². The van der Waals surface area contributed by atoms with Crippen molar-refractivity contribution in [3.05, 3.63) is 34.3 Å². The van der Waals surface area contributed by atoms with Crippen molar-refractivity contribution in [2.45, 2.75) is 26.3 Å². The Morgan fingerprint density at radius 3 is 2.71 bits per heavy atom. The Balaban J connectivity index is 1.83. The van der Waals surface area contributed by atoms with E-state index in [-0.39, 0.29) is 17.4 Å². The fourth-order valence-corrected chi connectivity index (χ4v) is 3.02. The van der Waals surface area contributed by atoms with Gasteiger partial charge < -0.3 is 11.1 Å². The summed E-state index contributed by atoms with van der Waals surface area (Å²) in [5.74, 6) is 0.0756. The van der Waals surface area contributed by atoms with Crippen LogP contribution >= 0.6 is 15.9 Å². The highest BCUT2D eigenvalue weighted by atomic mass is 79.9. The Bertz CT molecular complexity index is 491. The van der Waals surface area contributed by atoms with Crippen LogP contribution in [-0.4, -0.2) is 37.0 Å². The molecule has 0 aliphatic carbocycles. The van der Waals surface area contributed by atoms with Crippen molar-refractivity contribution in [3.63, 3.8) is 0 Å². The van der Waals surface area contributed by atoms with Gasteiger partial charge in [0.1, 0.15) is 0 Å². The SMILES string of the molecule is CC(NC(=O)CN1CCC(C)(CN)C1)c1ccc(Br)cc1. The Kier molecular flexibility index (Phi) is 5.41. The van der Waals surface area contributed by atoms with E-state index in [2.05, 4.69) is 33.1 Å². The average molecular weight is 354 g/mol. The average Bonchev–Trinajstić information content (AvgIpc) is 2.81. The van der Waals surface area contributed by atoms with E-state index in [9.17, 15) is 4.79 Å². The Morgan fingerprint density at radius 2 is 2.14 bits per heavy atom. The minimum absolute atomic E-state index is 0.0223. The van der Waals surface area contributed by atoms with Crippen LogP contribution in [0.2, 0.25) is 0 Å². The first-order chi connectivity index (χ1) is 9.92. The molecule has 116 valence electrons. The second-order valence-electron chi connectivity index (χ2n) is 6.32. The van der Waals surface area contributed by atoms with Crippen molar-refractivity contribution in [3.8, 4) is 0 Å². The molecule has 0 saturated carbocycles. The van der Waals surface area contributed by atoms with Crippen LogP contribution in [0.3, 0.4) is 0 Å². The van der Waals surface area contributed by atoms with E-state index in [1.807, 2.05) is 31.2 Å². The zero-order valence-electron chi connectivity index (χ0n) is 12.7. The number of hydrogen-bond acceptors (Lipinski definition) is 3. The lowest BCUT2D eigenvalue weighted by Crippen LogP contribution is -2.39. The third-order valence-electron chi connectivity index (χ3n) is 4.24. The fraction of sp³-hybridized carbons (Fsp3) is 0.562. The van der Waals surface area contributed by atoms with Crippen LogP contribution in [0.4, 0.5) is 0 Å². The predicted molar refractivity (Wildman–Crippen MR) is 88.9 cm³/mol. The normalized spacial score (nSPS) is 24.0. The zero-order chi connectivity index (χ0) is 15.5. The van der Waals surface area contributed by atoms with E-state index in [1.165, 1.54) is 0 Å². The molecule has 2 unspecified atom stereocenters. The fourth-order valence-electron chi connectivity index (χ4n) is 2.75. The number of halogens is 1. The largest absolute Gasteiger partial charge is 0.348 e. The van der Waals surface area contributed by atoms with Gasteiger partial charge in [0.15, 0.2) is 0 Å². The number of amides is 1. The van der Waals surface area contributed by atoms with Gasteiger partial charge in [-0.05, 0) is 49.5 Å². The maximum absolute atomic E-state index is 12.2. The van der Waals surface area contributed by atoms with Gasteiger partial charge in [-0.2, -0.15) is 0 Å². The van der Waals surface area contributed by atoms with Crippen molar-refractivity contribution in [1.29, 1.82) is 0 Å². The predicted octanol–water partition coefficient (Wildman–Crippen LogP) is 2.30. The lowest BCUT2D eigenvalue weighted by atomic mass is 9.90. The second-order valence-corrected chi connectivity index (χ2v) is 7.23. The molecular weight excluding hydrogens is 330 g/mol. The summed E-state index contributed by atoms with van der Waals surface area (Å²) in [5, 5.41) is 3.06. The van der Waals surface area contributed by atoms with Gasteiger partial charge in [0.25, 0.3) is 0 Å². The molecule has 0 radical (unpaired) electrons. The topological polar surface area (TPSA) is 58.4 Å². The number of benzene rings is 1. The van der Waals surface area contributed by atoms with Gasteiger partial charge in [0.05, 0.1) is 12.6 Å². The van der Waals surface area contributed by atoms with Crippen molar-refractivity contribution in [2.75, 3.05) is 26.2 Å². The smallest absolute Gasteiger partial charge is 0.234 e. The molecule has 1 aliphatic heterocycles. The third kappa shape index (κ3) is 4.53. The summed E-state index contributed by atoms with van der Waals surface area (Å²) in [5.41, 5.74) is 7.07. The number of nitrogens with zero attached hydrogens (tertiary/aromatic N) is 1. The van der Waals surface area contributed by atoms with E-state index < -0.39 is 0 Å². The van der Waals surface area contributed by atoms with Crippen molar-refractivity contribution in [2.24, 2.45) is 11.1 Å². The molecule has 21 heavy (non-hydrogen) atoms. The molecule has 1 fully saturated rings. The molecule has 5 heteroatoms. The highest BCUT2D eigenvalue weighted by molar-refractivity contribution is 9.10. The molecule has 1 aromatic carbocycles. The highest BCUT2D eigenvalue weighted by Crippen LogP contribution is 2.28. The van der Waals surface area contributed by atoms with E-state index in [1.54, 1.807) is 0 Å². The summed E-state index contributed by atoms with van der Waals surface area (Å²) in [6, 6.07) is 8.05. The number of carbonyl (C=O) groups is 1. The number of likely N-dealkylation sites (tertiary alicyclic amines) is 1. The summed E-state index contributed by atoms with van der Waals surface area (Å²) in [6.07, 6.45) is 1.07. The van der Waals surface area contributed by atoms with Crippen molar-refractivity contribution >= 4 is 21.8 Å². The van der Waals surface area contributed by atoms with Gasteiger partial charge in [-0.3, -0.25) is 9.69 Å². The maximum Gasteiger partial charge on any atom is 0.234 e. The van der Waals surface area contributed by atoms with E-state index in [0.29, 0.717) is 13.1 Å². The molecule has 2 atom stereocenters. The molecule has 1 saturated heterocycles. The lowest BCUT2D eigenvalue weighted by Gasteiger charge is -2.23. The molecule has 1 heterocycles. The summed E-state index contributed by atoms with van der Waals surface area (Å²) in [7, 11) is 0. The first-order valence-corrected chi connectivity index (χ1v) is 8.18. The quantitative estimate of drug-likeness (QED) is 0.853. The molecule has 0 aromatic heterocycles. The molecule has 0 bridgehead atoms. The van der Waals surface area contributed by atoms with Crippen LogP contribution < -0.4 is 11.1 Å². The molecule has 1 amide bonds. The van der Waals surface area contributed by atoms with E-state index in [4.69, 9.17) is 5.73 Å². The molecule has 1 aromatic rings. The number of carbonyl (C=O) groups excluding carboxylic acids is 1. The van der Waals surface area contributed by atoms with Gasteiger partial charge in [-0.1, -0.05) is 35.0 Å². The van der Waals surface area contributed by atoms with Crippen molar-refractivity contribution in [1.82, 2.24) is 10.2 Å². The minimum Gasteiger partial charge on any atom is -0.348 e. The van der Waals surface area contributed by atoms with Crippen LogP contribution in [0.25, 0.3) is 0 Å². The van der Waals surface area contributed by atoms with Gasteiger partial charge in [0, 0.05) is 11.0 Å². The Labute approximate surface area is 135 Å². The number of nitrogens with one attached hydrogen (secondary N) is 1. The number of nitrogens with two attached hydrogens (primary N) is 1. The minimum atomic E-state index is 0.0223.